The number of nitrogens with zero attached hydrogens (tertiary/aromatic N) is 10. The molecule has 22 heteroatoms. The van der Waals surface area contributed by atoms with E-state index in [0.29, 0.717) is 47.8 Å². The molecule has 0 unspecified atom stereocenters. The third-order valence-corrected chi connectivity index (χ3v) is 28.2. The molecule has 6 aromatic heterocycles. The van der Waals surface area contributed by atoms with Crippen LogP contribution in [0.4, 0.5) is 17.8 Å². The van der Waals surface area contributed by atoms with Gasteiger partial charge in [0, 0.05) is 107 Å². The highest BCUT2D eigenvalue weighted by Gasteiger charge is 2.40. The lowest BCUT2D eigenvalue weighted by atomic mass is 9.83. The van der Waals surface area contributed by atoms with E-state index in [-0.39, 0.29) is 17.2 Å². The molecule has 2 aliphatic heterocycles. The molecule has 0 bridgehead atoms. The Morgan fingerprint density at radius 2 is 0.896 bits per heavy atom. The molecule has 2 aromatic carbocycles. The third kappa shape index (κ3) is 22.0. The Bertz CT molecular complexity index is 3880. The molecular weight excluding hydrogens is 1340 g/mol. The average molecular weight is 1470 g/mol. The van der Waals surface area contributed by atoms with E-state index in [1.165, 1.54) is 53.5 Å². The summed E-state index contributed by atoms with van der Waals surface area (Å²) in [7, 11) is 2.35. The minimum absolute atomic E-state index is 0.118. The van der Waals surface area contributed by atoms with E-state index in [1.54, 1.807) is 0 Å². The highest BCUT2D eigenvalue weighted by atomic mass is 28.4. The molecule has 4 aliphatic carbocycles. The number of rotatable bonds is 25. The van der Waals surface area contributed by atoms with Gasteiger partial charge in [0.25, 0.3) is 0 Å². The van der Waals surface area contributed by atoms with Crippen molar-refractivity contribution in [2.45, 2.75) is 262 Å². The molecule has 6 aliphatic rings. The fraction of sp³-hybridized carbons (Fsp3) is 0.643. The molecule has 14 rings (SSSR count). The molecule has 4 saturated carbocycles. The van der Waals surface area contributed by atoms with Crippen molar-refractivity contribution < 1.29 is 24.1 Å². The number of H-pyrrole nitrogens is 1. The smallest absolute Gasteiger partial charge is 0.223 e. The quantitative estimate of drug-likeness (QED) is 0.0196. The number of nitrogens with one attached hydrogen (secondary N) is 6. The van der Waals surface area contributed by atoms with Crippen LogP contribution in [0.1, 0.15) is 228 Å². The maximum atomic E-state index is 10.0. The summed E-state index contributed by atoms with van der Waals surface area (Å²) < 4.78 is 22.4. The summed E-state index contributed by atoms with van der Waals surface area (Å²) in [5.41, 5.74) is 15.1. The van der Waals surface area contributed by atoms with Crippen LogP contribution >= 0.6 is 0 Å². The summed E-state index contributed by atoms with van der Waals surface area (Å²) >= 11 is 0. The van der Waals surface area contributed by atoms with Gasteiger partial charge in [-0.2, -0.15) is 0 Å². The van der Waals surface area contributed by atoms with Gasteiger partial charge in [-0.05, 0) is 211 Å². The van der Waals surface area contributed by atoms with Crippen molar-refractivity contribution in [2.24, 2.45) is 0 Å². The SMILES string of the molecule is CCCCNc1ncc2[nH]cc(C3CCC(O)CC3)c2n1.CCCCNc1ncc2c(n1)c(C1CCC(O)CC1)cn2-c1ccc(CN2CCOCC2)cc1.CCCCNc1ncc2c(n1)c(C1CCC(O[Si](C)(C)C(C)(C)C)CC1)cn2-c1ccc(CN2CCOCC2)cc1.CN[C@H]1CCCC[C@@H]1NC. The Balaban J connectivity index is 0.000000154. The average Bonchev–Trinajstić information content (AvgIpc) is 1.63. The maximum absolute atomic E-state index is 10.0. The van der Waals surface area contributed by atoms with Crippen LogP contribution in [0, 0.1) is 0 Å². The lowest BCUT2D eigenvalue weighted by Crippen LogP contribution is -2.47. The topological polar surface area (TPSA) is 238 Å². The second-order valence-electron chi connectivity index (χ2n) is 32.4. The van der Waals surface area contributed by atoms with Gasteiger partial charge in [0.15, 0.2) is 8.32 Å². The van der Waals surface area contributed by atoms with Gasteiger partial charge in [0.05, 0.1) is 90.3 Å². The first-order valence-electron chi connectivity index (χ1n) is 41.0. The first-order valence-corrected chi connectivity index (χ1v) is 43.9. The molecule has 21 nitrogen and oxygen atoms in total. The number of ether oxygens (including phenoxy) is 2. The number of hydrogen-bond donors (Lipinski definition) is 8. The van der Waals surface area contributed by atoms with Crippen molar-refractivity contribution >= 4 is 59.3 Å². The zero-order valence-electron chi connectivity index (χ0n) is 66.0. The zero-order chi connectivity index (χ0) is 74.4. The first kappa shape index (κ1) is 80.6. The highest BCUT2D eigenvalue weighted by molar-refractivity contribution is 6.74. The Kier molecular flexibility index (Phi) is 30.2. The molecule has 8 heterocycles. The minimum atomic E-state index is -1.76. The van der Waals surface area contributed by atoms with Crippen LogP contribution in [0.3, 0.4) is 0 Å². The monoisotopic (exact) mass is 1470 g/mol. The van der Waals surface area contributed by atoms with Crippen LogP contribution in [0.5, 0.6) is 0 Å². The number of hydrogen-bond acceptors (Lipinski definition) is 18. The maximum Gasteiger partial charge on any atom is 0.223 e. The van der Waals surface area contributed by atoms with Gasteiger partial charge < -0.3 is 64.8 Å². The molecule has 2 saturated heterocycles. The molecule has 0 amide bonds. The van der Waals surface area contributed by atoms with E-state index < -0.39 is 8.32 Å². The predicted molar refractivity (Wildman–Crippen MR) is 436 cm³/mol. The number of aromatic nitrogens is 9. The van der Waals surface area contributed by atoms with E-state index in [4.69, 9.17) is 28.9 Å². The largest absolute Gasteiger partial charge is 0.414 e. The number of anilines is 3. The Morgan fingerprint density at radius 1 is 0.509 bits per heavy atom. The number of fused-ring (bicyclic) bond motifs is 3. The van der Waals surface area contributed by atoms with Gasteiger partial charge in [-0.15, -0.1) is 0 Å². The Morgan fingerprint density at radius 3 is 1.29 bits per heavy atom. The van der Waals surface area contributed by atoms with Crippen molar-refractivity contribution in [3.63, 3.8) is 0 Å². The molecule has 2 atom stereocenters. The lowest BCUT2D eigenvalue weighted by molar-refractivity contribution is 0.0341. The lowest BCUT2D eigenvalue weighted by Gasteiger charge is -2.41. The van der Waals surface area contributed by atoms with Crippen molar-refractivity contribution in [3.05, 3.63) is 114 Å². The van der Waals surface area contributed by atoms with Crippen LogP contribution in [0.2, 0.25) is 18.1 Å². The van der Waals surface area contributed by atoms with Crippen LogP contribution in [-0.2, 0) is 27.0 Å². The molecule has 106 heavy (non-hydrogen) atoms. The van der Waals surface area contributed by atoms with Gasteiger partial charge in [-0.25, -0.2) is 29.9 Å². The fourth-order valence-electron chi connectivity index (χ4n) is 16.0. The van der Waals surface area contributed by atoms with Crippen molar-refractivity contribution in [1.29, 1.82) is 0 Å². The Hall–Kier alpha value is -6.44. The summed E-state index contributed by atoms with van der Waals surface area (Å²) in [5.74, 6) is 3.56. The number of aliphatic hydroxyl groups excluding tert-OH is 2. The summed E-state index contributed by atoms with van der Waals surface area (Å²) in [6.07, 6.45) is 36.9. The molecule has 6 fully saturated rings. The molecule has 8 aromatic rings. The first-order chi connectivity index (χ1) is 51.5. The van der Waals surface area contributed by atoms with E-state index >= 15 is 0 Å². The molecular formula is C84H130N16O5Si. The van der Waals surface area contributed by atoms with Crippen LogP contribution < -0.4 is 26.6 Å². The third-order valence-electron chi connectivity index (χ3n) is 23.6. The number of aliphatic hydroxyl groups is 2. The summed E-state index contributed by atoms with van der Waals surface area (Å²) in [6.45, 7) is 30.3. The van der Waals surface area contributed by atoms with E-state index in [9.17, 15) is 10.2 Å². The normalized spacial score (nSPS) is 22.8. The number of morpholine rings is 2. The van der Waals surface area contributed by atoms with E-state index in [1.807, 2.05) is 18.6 Å². The van der Waals surface area contributed by atoms with E-state index in [0.717, 1.165) is 251 Å². The van der Waals surface area contributed by atoms with Crippen molar-refractivity contribution in [2.75, 3.05) is 102 Å². The van der Waals surface area contributed by atoms with Crippen LogP contribution in [0.15, 0.2) is 85.7 Å². The molecule has 8 N–H and O–H groups in total. The van der Waals surface area contributed by atoms with Crippen molar-refractivity contribution in [1.82, 2.24) is 64.5 Å². The predicted octanol–water partition coefficient (Wildman–Crippen LogP) is 15.9. The van der Waals surface area contributed by atoms with E-state index in [2.05, 4.69) is 201 Å². The Labute approximate surface area is 633 Å². The number of likely N-dealkylation sites (N-methyl/N-ethyl adjacent to an activating group) is 2. The summed E-state index contributed by atoms with van der Waals surface area (Å²) in [6, 6.07) is 19.3. The molecule has 0 radical (unpaired) electrons. The van der Waals surface area contributed by atoms with Gasteiger partial charge in [0.2, 0.25) is 17.8 Å². The number of aromatic amines is 1. The standard InChI is InChI=1S/C33H51N5O2Si.C27H37N5O2.C16H24N4O.C8H18N2/c1-7-8-17-34-32-35-22-30-31(36-32)29(26-11-15-28(16-12-26)40-41(5,6)33(2,3)4)24-38(30)27-13-9-25(10-14-27)23-37-18-20-39-21-19-37;1-2-3-12-28-27-29-17-25-26(30-27)24(21-6-10-23(33)11-7-21)19-32(25)22-8-4-20(5-9-22)18-31-13-15-34-16-14-31;1-2-3-8-17-16-19-10-14-15(20-16)13(9-18-14)11-4-6-12(21)7-5-11;1-9-7-5-3-4-6-8(7)10-2/h9-10,13-14,22,24,26,28H,7-8,11-12,15-21,23H2,1-6H3,(H,34,35,36);4-5,8-9,17,19,21,23,33H,2-3,6-7,10-16,18H2,1H3,(H,28,29,30);9-12,18,21H,2-8H2,1H3,(H,17,19,20);7-10H,3-6H2,1-2H3/t;;;7-,8-/m...0/s1. The minimum Gasteiger partial charge on any atom is -0.414 e. The zero-order valence-corrected chi connectivity index (χ0v) is 67.0. The van der Waals surface area contributed by atoms with Crippen LogP contribution in [-0.4, -0.2) is 189 Å². The molecule has 0 spiro atoms. The number of unbranched alkanes of at least 4 members (excludes halogenated alkanes) is 3. The highest BCUT2D eigenvalue weighted by Crippen LogP contribution is 2.44. The summed E-state index contributed by atoms with van der Waals surface area (Å²) in [4.78, 5) is 36.6. The van der Waals surface area contributed by atoms with Gasteiger partial charge in [-0.3, -0.25) is 9.80 Å². The van der Waals surface area contributed by atoms with Gasteiger partial charge >= 0.3 is 0 Å². The fourth-order valence-corrected chi connectivity index (χ4v) is 17.4. The summed E-state index contributed by atoms with van der Waals surface area (Å²) in [5, 5.41) is 36.7. The van der Waals surface area contributed by atoms with Crippen LogP contribution in [0.25, 0.3) is 44.5 Å². The number of benzene rings is 2. The van der Waals surface area contributed by atoms with Crippen molar-refractivity contribution in [3.8, 4) is 11.4 Å². The van der Waals surface area contributed by atoms with Gasteiger partial charge in [-0.1, -0.05) is 97.9 Å². The second kappa shape index (κ2) is 39.8. The second-order valence-corrected chi connectivity index (χ2v) is 37.1. The molecule has 580 valence electrons. The van der Waals surface area contributed by atoms with Gasteiger partial charge in [0.1, 0.15) is 0 Å².